The van der Waals surface area contributed by atoms with Crippen molar-refractivity contribution in [2.45, 2.75) is 32.4 Å². The number of benzene rings is 1. The van der Waals surface area contributed by atoms with Gasteiger partial charge >= 0.3 is 0 Å². The molecule has 0 saturated carbocycles. The van der Waals surface area contributed by atoms with Crippen LogP contribution < -0.4 is 10.1 Å². The number of halogens is 1. The van der Waals surface area contributed by atoms with E-state index in [4.69, 9.17) is 9.47 Å². The SMILES string of the molecule is CCCNCc1cc(F)cc(OC2CCOC2)c1. The van der Waals surface area contributed by atoms with Crippen molar-refractivity contribution >= 4 is 0 Å². The zero-order valence-corrected chi connectivity index (χ0v) is 10.7. The van der Waals surface area contributed by atoms with Crippen LogP contribution in [0.1, 0.15) is 25.3 Å². The van der Waals surface area contributed by atoms with Crippen LogP contribution in [0.25, 0.3) is 0 Å². The van der Waals surface area contributed by atoms with E-state index in [0.717, 1.165) is 31.6 Å². The fourth-order valence-electron chi connectivity index (χ4n) is 2.00. The minimum atomic E-state index is -0.250. The molecule has 0 aromatic heterocycles. The second-order valence-corrected chi connectivity index (χ2v) is 4.58. The normalized spacial score (nSPS) is 19.1. The summed E-state index contributed by atoms with van der Waals surface area (Å²) in [5.41, 5.74) is 0.914. The van der Waals surface area contributed by atoms with Gasteiger partial charge in [-0.25, -0.2) is 4.39 Å². The molecule has 1 aromatic carbocycles. The maximum atomic E-state index is 13.5. The van der Waals surface area contributed by atoms with E-state index >= 15 is 0 Å². The van der Waals surface area contributed by atoms with Gasteiger partial charge in [-0.3, -0.25) is 0 Å². The Labute approximate surface area is 107 Å². The molecular weight excluding hydrogens is 233 g/mol. The topological polar surface area (TPSA) is 30.5 Å². The van der Waals surface area contributed by atoms with Crippen molar-refractivity contribution in [1.82, 2.24) is 5.32 Å². The van der Waals surface area contributed by atoms with Gasteiger partial charge in [0.1, 0.15) is 17.7 Å². The van der Waals surface area contributed by atoms with Crippen molar-refractivity contribution in [2.24, 2.45) is 0 Å². The maximum absolute atomic E-state index is 13.5. The van der Waals surface area contributed by atoms with E-state index in [9.17, 15) is 4.39 Å². The molecule has 1 aromatic rings. The average Bonchev–Trinajstić information content (AvgIpc) is 2.81. The molecular formula is C14H20FNO2. The van der Waals surface area contributed by atoms with E-state index in [-0.39, 0.29) is 11.9 Å². The summed E-state index contributed by atoms with van der Waals surface area (Å²) in [6, 6.07) is 4.87. The van der Waals surface area contributed by atoms with E-state index in [1.807, 2.05) is 6.07 Å². The molecule has 1 fully saturated rings. The smallest absolute Gasteiger partial charge is 0.127 e. The third kappa shape index (κ3) is 3.96. The first kappa shape index (κ1) is 13.3. The molecule has 1 N–H and O–H groups in total. The molecule has 2 rings (SSSR count). The quantitative estimate of drug-likeness (QED) is 0.790. The molecule has 18 heavy (non-hydrogen) atoms. The van der Waals surface area contributed by atoms with Crippen LogP contribution in [0.5, 0.6) is 5.75 Å². The van der Waals surface area contributed by atoms with Gasteiger partial charge in [0.25, 0.3) is 0 Å². The number of hydrogen-bond acceptors (Lipinski definition) is 3. The second kappa shape index (κ2) is 6.71. The summed E-state index contributed by atoms with van der Waals surface area (Å²) in [6.45, 7) is 5.03. The van der Waals surface area contributed by atoms with E-state index in [2.05, 4.69) is 12.2 Å². The second-order valence-electron chi connectivity index (χ2n) is 4.58. The number of ether oxygens (including phenoxy) is 2. The first-order chi connectivity index (χ1) is 8.78. The molecule has 1 heterocycles. The van der Waals surface area contributed by atoms with Crippen LogP contribution in [0.15, 0.2) is 18.2 Å². The molecule has 1 atom stereocenters. The summed E-state index contributed by atoms with van der Waals surface area (Å²) in [5.74, 6) is 0.346. The van der Waals surface area contributed by atoms with Crippen LogP contribution in [-0.4, -0.2) is 25.9 Å². The summed E-state index contributed by atoms with van der Waals surface area (Å²) in [4.78, 5) is 0. The van der Waals surface area contributed by atoms with E-state index in [1.54, 1.807) is 6.07 Å². The molecule has 4 heteroatoms. The Hall–Kier alpha value is -1.13. The monoisotopic (exact) mass is 253 g/mol. The summed E-state index contributed by atoms with van der Waals surface area (Å²) < 4.78 is 24.4. The summed E-state index contributed by atoms with van der Waals surface area (Å²) in [5, 5.41) is 3.25. The lowest BCUT2D eigenvalue weighted by Crippen LogP contribution is -2.17. The van der Waals surface area contributed by atoms with Gasteiger partial charge in [0, 0.05) is 19.0 Å². The lowest BCUT2D eigenvalue weighted by molar-refractivity contribution is 0.141. The first-order valence-electron chi connectivity index (χ1n) is 6.52. The Kier molecular flexibility index (Phi) is 4.96. The van der Waals surface area contributed by atoms with Gasteiger partial charge in [-0.05, 0) is 30.7 Å². The summed E-state index contributed by atoms with van der Waals surface area (Å²) >= 11 is 0. The molecule has 0 spiro atoms. The van der Waals surface area contributed by atoms with Crippen molar-refractivity contribution in [3.63, 3.8) is 0 Å². The molecule has 1 saturated heterocycles. The highest BCUT2D eigenvalue weighted by Crippen LogP contribution is 2.20. The molecule has 0 bridgehead atoms. The van der Waals surface area contributed by atoms with Gasteiger partial charge in [-0.1, -0.05) is 6.92 Å². The lowest BCUT2D eigenvalue weighted by Gasteiger charge is -2.13. The minimum absolute atomic E-state index is 0.0586. The fraction of sp³-hybridized carbons (Fsp3) is 0.571. The predicted octanol–water partition coefficient (Wildman–Crippen LogP) is 2.49. The standard InChI is InChI=1S/C14H20FNO2/c1-2-4-16-9-11-6-12(15)8-14(7-11)18-13-3-5-17-10-13/h6-8,13,16H,2-5,9-10H2,1H3. The predicted molar refractivity (Wildman–Crippen MR) is 68.2 cm³/mol. The highest BCUT2D eigenvalue weighted by Gasteiger charge is 2.17. The van der Waals surface area contributed by atoms with Gasteiger partial charge in [-0.2, -0.15) is 0 Å². The van der Waals surface area contributed by atoms with Gasteiger partial charge in [0.05, 0.1) is 13.2 Å². The maximum Gasteiger partial charge on any atom is 0.127 e. The zero-order chi connectivity index (χ0) is 12.8. The molecule has 1 aliphatic heterocycles. The van der Waals surface area contributed by atoms with Crippen LogP contribution in [0.2, 0.25) is 0 Å². The summed E-state index contributed by atoms with van der Waals surface area (Å²) in [7, 11) is 0. The number of rotatable bonds is 6. The molecule has 0 aliphatic carbocycles. The Balaban J connectivity index is 1.96. The van der Waals surface area contributed by atoms with Crippen molar-refractivity contribution in [3.05, 3.63) is 29.6 Å². The highest BCUT2D eigenvalue weighted by molar-refractivity contribution is 5.29. The molecule has 3 nitrogen and oxygen atoms in total. The van der Waals surface area contributed by atoms with Crippen molar-refractivity contribution in [2.75, 3.05) is 19.8 Å². The molecule has 0 radical (unpaired) electrons. The van der Waals surface area contributed by atoms with Crippen molar-refractivity contribution < 1.29 is 13.9 Å². The summed E-state index contributed by atoms with van der Waals surface area (Å²) in [6.07, 6.45) is 2.00. The molecule has 0 amide bonds. The minimum Gasteiger partial charge on any atom is -0.488 e. The van der Waals surface area contributed by atoms with Gasteiger partial charge in [-0.15, -0.1) is 0 Å². The van der Waals surface area contributed by atoms with E-state index < -0.39 is 0 Å². The highest BCUT2D eigenvalue weighted by atomic mass is 19.1. The van der Waals surface area contributed by atoms with Crippen molar-refractivity contribution in [1.29, 1.82) is 0 Å². The van der Waals surface area contributed by atoms with Crippen LogP contribution in [0, 0.1) is 5.82 Å². The van der Waals surface area contributed by atoms with Crippen LogP contribution >= 0.6 is 0 Å². The fourth-order valence-corrected chi connectivity index (χ4v) is 2.00. The van der Waals surface area contributed by atoms with Gasteiger partial charge < -0.3 is 14.8 Å². The Morgan fingerprint density at radius 2 is 2.33 bits per heavy atom. The molecule has 1 unspecified atom stereocenters. The number of hydrogen-bond donors (Lipinski definition) is 1. The Morgan fingerprint density at radius 1 is 1.44 bits per heavy atom. The van der Waals surface area contributed by atoms with Gasteiger partial charge in [0.15, 0.2) is 0 Å². The van der Waals surface area contributed by atoms with Crippen LogP contribution in [0.4, 0.5) is 4.39 Å². The van der Waals surface area contributed by atoms with Crippen molar-refractivity contribution in [3.8, 4) is 5.75 Å². The average molecular weight is 253 g/mol. The molecule has 1 aliphatic rings. The van der Waals surface area contributed by atoms with E-state index in [0.29, 0.717) is 18.9 Å². The third-order valence-electron chi connectivity index (χ3n) is 2.88. The Morgan fingerprint density at radius 3 is 3.06 bits per heavy atom. The van der Waals surface area contributed by atoms with Crippen LogP contribution in [-0.2, 0) is 11.3 Å². The molecule has 100 valence electrons. The largest absolute Gasteiger partial charge is 0.488 e. The van der Waals surface area contributed by atoms with Gasteiger partial charge in [0.2, 0.25) is 0 Å². The zero-order valence-electron chi connectivity index (χ0n) is 10.7. The van der Waals surface area contributed by atoms with Crippen LogP contribution in [0.3, 0.4) is 0 Å². The first-order valence-corrected chi connectivity index (χ1v) is 6.52. The Bertz CT molecular complexity index is 378. The number of nitrogens with one attached hydrogen (secondary N) is 1. The van der Waals surface area contributed by atoms with E-state index in [1.165, 1.54) is 6.07 Å². The lowest BCUT2D eigenvalue weighted by atomic mass is 10.2. The third-order valence-corrected chi connectivity index (χ3v) is 2.88.